The fraction of sp³-hybridized carbons (Fsp3) is 0.811. The van der Waals surface area contributed by atoms with E-state index in [-0.39, 0.29) is 18.9 Å². The van der Waals surface area contributed by atoms with Crippen LogP contribution < -0.4 is 5.32 Å². The van der Waals surface area contributed by atoms with Crippen LogP contribution in [0.15, 0.2) is 97.2 Å². The molecule has 0 saturated carbocycles. The topological polar surface area (TPSA) is 307 Å². The van der Waals surface area contributed by atoms with Gasteiger partial charge in [-0.2, -0.15) is 0 Å². The second kappa shape index (κ2) is 69.1. The summed E-state index contributed by atoms with van der Waals surface area (Å²) in [6, 6.07) is -0.994. The number of nitrogens with one attached hydrogen (secondary N) is 1. The third-order valence-electron chi connectivity index (χ3n) is 21.4. The lowest BCUT2D eigenvalue weighted by atomic mass is 9.96. The van der Waals surface area contributed by atoms with E-state index in [1.165, 1.54) is 225 Å². The first-order chi connectivity index (χ1) is 53.3. The molecule has 3 aliphatic rings. The van der Waals surface area contributed by atoms with Crippen LogP contribution in [0.1, 0.15) is 335 Å². The highest BCUT2D eigenvalue weighted by molar-refractivity contribution is 5.76. The number of carbonyl (C=O) groups is 1. The molecular formula is C90H159NO18. The SMILES string of the molecule is CC/C=C\C/C=C\C/C=C\C/C=C\C/C=C\C/C=C\CCCCCCCCCCCCCCCCCCCCCCCCC(=O)NC(COC1OC(CO)C(OC2OC(CO)C(OC3OC(CO)C(O)C(O)C3O)C(O)C2O)C(O)C1O)C(O)/C=C/CC/C=C/CCCCCCCCCCCCCCCCCCC. The summed E-state index contributed by atoms with van der Waals surface area (Å²) in [5, 5.41) is 121. The number of carbonyl (C=O) groups excluding carboxylic acids is 1. The predicted molar refractivity (Wildman–Crippen MR) is 438 cm³/mol. The average Bonchev–Trinajstić information content (AvgIpc) is 0.760. The zero-order valence-electron chi connectivity index (χ0n) is 68.0. The van der Waals surface area contributed by atoms with Gasteiger partial charge in [0.2, 0.25) is 5.91 Å². The van der Waals surface area contributed by atoms with E-state index in [0.717, 1.165) is 77.0 Å². The van der Waals surface area contributed by atoms with E-state index in [1.807, 2.05) is 6.08 Å². The largest absolute Gasteiger partial charge is 0.394 e. The molecule has 1 amide bonds. The van der Waals surface area contributed by atoms with Crippen molar-refractivity contribution < 1.29 is 89.4 Å². The Bertz CT molecular complexity index is 2340. The lowest BCUT2D eigenvalue weighted by Gasteiger charge is -2.48. The van der Waals surface area contributed by atoms with Crippen molar-refractivity contribution >= 4 is 5.91 Å². The third-order valence-corrected chi connectivity index (χ3v) is 21.4. The van der Waals surface area contributed by atoms with Crippen LogP contribution in [0, 0.1) is 0 Å². The van der Waals surface area contributed by atoms with Gasteiger partial charge in [0.25, 0.3) is 0 Å². The van der Waals surface area contributed by atoms with Crippen LogP contribution in [-0.2, 0) is 33.2 Å². The number of unbranched alkanes of at least 4 members (excludes halogenated alkanes) is 40. The zero-order valence-corrected chi connectivity index (χ0v) is 68.0. The van der Waals surface area contributed by atoms with Crippen molar-refractivity contribution in [1.82, 2.24) is 5.32 Å². The van der Waals surface area contributed by atoms with Gasteiger partial charge in [0.1, 0.15) is 73.2 Å². The first kappa shape index (κ1) is 99.9. The van der Waals surface area contributed by atoms with Crippen LogP contribution >= 0.6 is 0 Å². The van der Waals surface area contributed by atoms with E-state index in [4.69, 9.17) is 28.4 Å². The molecule has 17 atom stereocenters. The number of allylic oxidation sites excluding steroid dienone is 15. The smallest absolute Gasteiger partial charge is 0.220 e. The molecule has 3 rings (SSSR count). The van der Waals surface area contributed by atoms with Crippen molar-refractivity contribution in [2.75, 3.05) is 26.4 Å². The Morgan fingerprint density at radius 1 is 0.339 bits per heavy atom. The molecule has 0 aliphatic carbocycles. The monoisotopic (exact) mass is 1540 g/mol. The van der Waals surface area contributed by atoms with E-state index in [1.54, 1.807) is 6.08 Å². The summed E-state index contributed by atoms with van der Waals surface area (Å²) >= 11 is 0. The van der Waals surface area contributed by atoms with Gasteiger partial charge in [-0.05, 0) is 83.5 Å². The molecule has 19 heteroatoms. The first-order valence-corrected chi connectivity index (χ1v) is 44.0. The Kier molecular flexibility index (Phi) is 63.3. The highest BCUT2D eigenvalue weighted by Crippen LogP contribution is 2.33. The molecule has 0 radical (unpaired) electrons. The second-order valence-corrected chi connectivity index (χ2v) is 31.0. The Morgan fingerprint density at radius 3 is 1.03 bits per heavy atom. The molecule has 3 saturated heterocycles. The summed E-state index contributed by atoms with van der Waals surface area (Å²) in [6.07, 6.45) is 68.5. The van der Waals surface area contributed by atoms with Crippen LogP contribution in [0.5, 0.6) is 0 Å². The number of hydrogen-bond donors (Lipinski definition) is 12. The molecule has 17 unspecified atom stereocenters. The van der Waals surface area contributed by atoms with Gasteiger partial charge in [0.05, 0.1) is 38.6 Å². The molecular weight excluding hydrogens is 1380 g/mol. The highest BCUT2D eigenvalue weighted by Gasteiger charge is 2.54. The number of amides is 1. The van der Waals surface area contributed by atoms with E-state index in [2.05, 4.69) is 104 Å². The summed E-state index contributed by atoms with van der Waals surface area (Å²) in [5.74, 6) is -0.281. The van der Waals surface area contributed by atoms with Crippen LogP contribution in [0.2, 0.25) is 0 Å². The number of rotatable bonds is 70. The minimum Gasteiger partial charge on any atom is -0.394 e. The molecule has 3 heterocycles. The van der Waals surface area contributed by atoms with Crippen LogP contribution in [0.3, 0.4) is 0 Å². The van der Waals surface area contributed by atoms with Crippen LogP contribution in [-0.4, -0.2) is 193 Å². The third kappa shape index (κ3) is 48.0. The van der Waals surface area contributed by atoms with Crippen molar-refractivity contribution in [2.45, 2.75) is 439 Å². The van der Waals surface area contributed by atoms with Gasteiger partial charge in [0.15, 0.2) is 18.9 Å². The Balaban J connectivity index is 1.31. The van der Waals surface area contributed by atoms with Crippen molar-refractivity contribution in [3.63, 3.8) is 0 Å². The maximum atomic E-state index is 13.5. The molecule has 632 valence electrons. The number of aliphatic hydroxyl groups is 11. The molecule has 0 aromatic heterocycles. The van der Waals surface area contributed by atoms with E-state index in [9.17, 15) is 61.0 Å². The van der Waals surface area contributed by atoms with Crippen molar-refractivity contribution in [1.29, 1.82) is 0 Å². The lowest BCUT2D eigenvalue weighted by molar-refractivity contribution is -0.379. The predicted octanol–water partition coefficient (Wildman–Crippen LogP) is 16.3. The zero-order chi connectivity index (χ0) is 78.8. The number of hydrogen-bond acceptors (Lipinski definition) is 18. The average molecular weight is 1540 g/mol. The van der Waals surface area contributed by atoms with E-state index >= 15 is 0 Å². The maximum absolute atomic E-state index is 13.5. The van der Waals surface area contributed by atoms with E-state index in [0.29, 0.717) is 12.8 Å². The molecule has 0 aromatic carbocycles. The summed E-state index contributed by atoms with van der Waals surface area (Å²) in [5.41, 5.74) is 0. The minimum absolute atomic E-state index is 0.235. The van der Waals surface area contributed by atoms with Gasteiger partial charge in [0, 0.05) is 6.42 Å². The van der Waals surface area contributed by atoms with Crippen LogP contribution in [0.25, 0.3) is 0 Å². The molecule has 3 aliphatic heterocycles. The molecule has 109 heavy (non-hydrogen) atoms. The normalized spacial score (nSPS) is 25.8. The van der Waals surface area contributed by atoms with Crippen molar-refractivity contribution in [3.05, 3.63) is 97.2 Å². The Morgan fingerprint density at radius 2 is 0.642 bits per heavy atom. The molecule has 0 aromatic rings. The fourth-order valence-electron chi connectivity index (χ4n) is 14.4. The molecule has 19 nitrogen and oxygen atoms in total. The van der Waals surface area contributed by atoms with Gasteiger partial charge in [-0.25, -0.2) is 0 Å². The summed E-state index contributed by atoms with van der Waals surface area (Å²) in [4.78, 5) is 13.5. The second-order valence-electron chi connectivity index (χ2n) is 31.0. The molecule has 12 N–H and O–H groups in total. The standard InChI is InChI=1S/C90H159NO18/c1-3-5-7-9-11-13-15-17-19-21-23-25-27-28-29-30-31-32-33-34-35-36-37-38-39-40-41-42-43-44-46-48-50-52-54-56-58-60-62-64-66-68-78(96)91-73(74(95)67-65-63-61-59-57-55-53-51-49-47-45-26-24-22-20-18-16-14-12-10-8-6-4-2)72-104-88-84(102)81(99)86(76(70-93)106-88)109-90-85(103)82(100)87(77(71-94)107-90)108-89-83(101)80(98)79(97)75(69-92)105-89/h5,7,11,13,17,19,23,25,28-29,31-32,57,59,65,67,73-77,79-90,92-95,97-103H,3-4,6,8-10,12,14-16,18,20-22,24,26-27,30,33-56,58,60-64,66,68-72H2,1-2H3,(H,91,96)/b7-5-,13-11-,19-17-,25-23-,29-28-,32-31-,59-57+,67-65+. The van der Waals surface area contributed by atoms with Crippen molar-refractivity contribution in [3.8, 4) is 0 Å². The van der Waals surface area contributed by atoms with Gasteiger partial charge in [-0.15, -0.1) is 0 Å². The first-order valence-electron chi connectivity index (χ1n) is 44.0. The molecule has 3 fully saturated rings. The highest BCUT2D eigenvalue weighted by atomic mass is 16.8. The Hall–Kier alpha value is -3.29. The summed E-state index contributed by atoms with van der Waals surface area (Å²) < 4.78 is 34.5. The van der Waals surface area contributed by atoms with Gasteiger partial charge in [-0.3, -0.25) is 4.79 Å². The van der Waals surface area contributed by atoms with Gasteiger partial charge in [-0.1, -0.05) is 342 Å². The Labute approximate surface area is 660 Å². The van der Waals surface area contributed by atoms with E-state index < -0.39 is 124 Å². The van der Waals surface area contributed by atoms with Gasteiger partial charge >= 0.3 is 0 Å². The number of aliphatic hydroxyl groups excluding tert-OH is 11. The quantitative estimate of drug-likeness (QED) is 0.0199. The summed E-state index contributed by atoms with van der Waals surface area (Å²) in [6.45, 7) is 1.64. The minimum atomic E-state index is -1.98. The van der Waals surface area contributed by atoms with Crippen molar-refractivity contribution in [2.24, 2.45) is 0 Å². The maximum Gasteiger partial charge on any atom is 0.220 e. The lowest BCUT2D eigenvalue weighted by Crippen LogP contribution is -2.66. The van der Waals surface area contributed by atoms with Crippen LogP contribution in [0.4, 0.5) is 0 Å². The fourth-order valence-corrected chi connectivity index (χ4v) is 14.4. The molecule has 0 spiro atoms. The van der Waals surface area contributed by atoms with Gasteiger partial charge < -0.3 is 89.9 Å². The number of ether oxygens (including phenoxy) is 6. The molecule has 0 bridgehead atoms. The summed E-state index contributed by atoms with van der Waals surface area (Å²) in [7, 11) is 0.